The van der Waals surface area contributed by atoms with Crippen LogP contribution in [0, 0.1) is 0 Å². The number of fused-ring (bicyclic) bond motifs is 1. The highest BCUT2D eigenvalue weighted by Crippen LogP contribution is 2.27. The summed E-state index contributed by atoms with van der Waals surface area (Å²) < 4.78 is 3.32. The third-order valence-corrected chi connectivity index (χ3v) is 3.34. The minimum Gasteiger partial charge on any atom is -0.315 e. The van der Waals surface area contributed by atoms with E-state index in [1.54, 1.807) is 0 Å². The van der Waals surface area contributed by atoms with Gasteiger partial charge in [-0.2, -0.15) is 0 Å². The molecule has 0 N–H and O–H groups in total. The summed E-state index contributed by atoms with van der Waals surface area (Å²) in [5.74, 6) is 0. The highest BCUT2D eigenvalue weighted by atomic mass is 79.9. The largest absolute Gasteiger partial charge is 0.315 e. The molecule has 0 fully saturated rings. The molecule has 3 rings (SSSR count). The molecule has 16 heavy (non-hydrogen) atoms. The minimum atomic E-state index is 1.12. The van der Waals surface area contributed by atoms with Gasteiger partial charge in [-0.3, -0.25) is 0 Å². The van der Waals surface area contributed by atoms with Crippen molar-refractivity contribution in [2.24, 2.45) is 0 Å². The van der Waals surface area contributed by atoms with Crippen LogP contribution >= 0.6 is 15.9 Å². The number of rotatable bonds is 1. The van der Waals surface area contributed by atoms with Crippen molar-refractivity contribution in [2.75, 3.05) is 0 Å². The topological polar surface area (TPSA) is 4.93 Å². The van der Waals surface area contributed by atoms with Gasteiger partial charge in [0.2, 0.25) is 0 Å². The predicted octanol–water partition coefficient (Wildman–Crippen LogP) is 4.39. The SMILES string of the molecule is Brc1cccc2ccn(-c3ccccc3)c12. The Hall–Kier alpha value is -1.54. The first-order valence-electron chi connectivity index (χ1n) is 5.17. The maximum Gasteiger partial charge on any atom is 0.0670 e. The van der Waals surface area contributed by atoms with Crippen LogP contribution in [0.5, 0.6) is 0 Å². The zero-order chi connectivity index (χ0) is 11.0. The fourth-order valence-electron chi connectivity index (χ4n) is 1.95. The molecule has 3 aromatic rings. The zero-order valence-corrected chi connectivity index (χ0v) is 10.2. The van der Waals surface area contributed by atoms with Crippen LogP contribution in [-0.2, 0) is 0 Å². The van der Waals surface area contributed by atoms with Crippen LogP contribution in [0.4, 0.5) is 0 Å². The van der Waals surface area contributed by atoms with Crippen LogP contribution < -0.4 is 0 Å². The summed E-state index contributed by atoms with van der Waals surface area (Å²) in [6.45, 7) is 0. The minimum absolute atomic E-state index is 1.12. The second-order valence-electron chi connectivity index (χ2n) is 3.70. The van der Waals surface area contributed by atoms with Gasteiger partial charge in [0.1, 0.15) is 0 Å². The maximum atomic E-state index is 3.60. The summed E-state index contributed by atoms with van der Waals surface area (Å²) in [6, 6.07) is 18.7. The molecule has 0 bridgehead atoms. The Labute approximate surface area is 102 Å². The van der Waals surface area contributed by atoms with Crippen LogP contribution in [-0.4, -0.2) is 4.57 Å². The highest BCUT2D eigenvalue weighted by Gasteiger charge is 2.05. The van der Waals surface area contributed by atoms with E-state index >= 15 is 0 Å². The van der Waals surface area contributed by atoms with E-state index in [2.05, 4.69) is 75.2 Å². The molecule has 2 heteroatoms. The van der Waals surface area contributed by atoms with E-state index in [-0.39, 0.29) is 0 Å². The molecule has 0 aliphatic heterocycles. The summed E-state index contributed by atoms with van der Waals surface area (Å²) >= 11 is 3.60. The number of aromatic nitrogens is 1. The van der Waals surface area contributed by atoms with Gasteiger partial charge >= 0.3 is 0 Å². The van der Waals surface area contributed by atoms with Crippen molar-refractivity contribution in [3.8, 4) is 5.69 Å². The fourth-order valence-corrected chi connectivity index (χ4v) is 2.53. The molecule has 0 radical (unpaired) electrons. The monoisotopic (exact) mass is 271 g/mol. The standard InChI is InChI=1S/C14H10BrN/c15-13-8-4-5-11-9-10-16(14(11)13)12-6-2-1-3-7-12/h1-10H. The van der Waals surface area contributed by atoms with Crippen molar-refractivity contribution < 1.29 is 0 Å². The summed E-state index contributed by atoms with van der Waals surface area (Å²) in [5, 5.41) is 1.25. The van der Waals surface area contributed by atoms with Gasteiger partial charge in [-0.05, 0) is 40.2 Å². The van der Waals surface area contributed by atoms with Gasteiger partial charge in [-0.15, -0.1) is 0 Å². The molecule has 78 valence electrons. The van der Waals surface area contributed by atoms with E-state index in [9.17, 15) is 0 Å². The van der Waals surface area contributed by atoms with Crippen LogP contribution in [0.25, 0.3) is 16.6 Å². The van der Waals surface area contributed by atoms with E-state index in [0.717, 1.165) is 4.47 Å². The molecule has 1 aromatic heterocycles. The van der Waals surface area contributed by atoms with E-state index < -0.39 is 0 Å². The van der Waals surface area contributed by atoms with Gasteiger partial charge in [-0.1, -0.05) is 30.3 Å². The van der Waals surface area contributed by atoms with Crippen molar-refractivity contribution in [3.63, 3.8) is 0 Å². The van der Waals surface area contributed by atoms with E-state index in [1.165, 1.54) is 16.6 Å². The summed E-state index contributed by atoms with van der Waals surface area (Å²) in [6.07, 6.45) is 2.10. The normalized spacial score (nSPS) is 10.8. The first kappa shape index (κ1) is 9.67. The smallest absolute Gasteiger partial charge is 0.0670 e. The lowest BCUT2D eigenvalue weighted by atomic mass is 10.2. The summed E-state index contributed by atoms with van der Waals surface area (Å²) in [4.78, 5) is 0. The predicted molar refractivity (Wildman–Crippen MR) is 71.0 cm³/mol. The second-order valence-corrected chi connectivity index (χ2v) is 4.55. The first-order chi connectivity index (χ1) is 7.86. The van der Waals surface area contributed by atoms with Crippen molar-refractivity contribution in [2.45, 2.75) is 0 Å². The maximum absolute atomic E-state index is 3.60. The van der Waals surface area contributed by atoms with Crippen LogP contribution in [0.3, 0.4) is 0 Å². The number of benzene rings is 2. The Balaban J connectivity index is 2.33. The van der Waals surface area contributed by atoms with Gasteiger partial charge in [0.05, 0.1) is 5.52 Å². The number of para-hydroxylation sites is 2. The first-order valence-corrected chi connectivity index (χ1v) is 5.96. The number of hydrogen-bond donors (Lipinski definition) is 0. The van der Waals surface area contributed by atoms with Gasteiger partial charge < -0.3 is 4.57 Å². The third kappa shape index (κ3) is 1.46. The molecule has 1 nitrogen and oxygen atoms in total. The van der Waals surface area contributed by atoms with Crippen LogP contribution in [0.2, 0.25) is 0 Å². The van der Waals surface area contributed by atoms with Crippen molar-refractivity contribution in [3.05, 3.63) is 65.3 Å². The van der Waals surface area contributed by atoms with Crippen molar-refractivity contribution >= 4 is 26.8 Å². The van der Waals surface area contributed by atoms with E-state index in [1.807, 2.05) is 6.07 Å². The highest BCUT2D eigenvalue weighted by molar-refractivity contribution is 9.10. The van der Waals surface area contributed by atoms with Crippen LogP contribution in [0.1, 0.15) is 0 Å². The molecule has 0 amide bonds. The van der Waals surface area contributed by atoms with Gasteiger partial charge in [-0.25, -0.2) is 0 Å². The van der Waals surface area contributed by atoms with E-state index in [0.29, 0.717) is 0 Å². The number of nitrogens with zero attached hydrogens (tertiary/aromatic N) is 1. The average molecular weight is 272 g/mol. The molecule has 2 aromatic carbocycles. The number of hydrogen-bond acceptors (Lipinski definition) is 0. The van der Waals surface area contributed by atoms with Gasteiger partial charge in [0, 0.05) is 21.7 Å². The number of halogens is 1. The van der Waals surface area contributed by atoms with Gasteiger partial charge in [0.25, 0.3) is 0 Å². The third-order valence-electron chi connectivity index (χ3n) is 2.70. The van der Waals surface area contributed by atoms with Crippen molar-refractivity contribution in [1.82, 2.24) is 4.57 Å². The Morgan fingerprint density at radius 3 is 2.44 bits per heavy atom. The molecule has 0 atom stereocenters. The molecule has 0 saturated carbocycles. The molecule has 0 unspecified atom stereocenters. The Morgan fingerprint density at radius 1 is 0.812 bits per heavy atom. The van der Waals surface area contributed by atoms with Crippen molar-refractivity contribution in [1.29, 1.82) is 0 Å². The molecular weight excluding hydrogens is 262 g/mol. The fraction of sp³-hybridized carbons (Fsp3) is 0. The zero-order valence-electron chi connectivity index (χ0n) is 8.60. The molecule has 1 heterocycles. The summed E-state index contributed by atoms with van der Waals surface area (Å²) in [5.41, 5.74) is 2.40. The Kier molecular flexibility index (Phi) is 2.29. The lowest BCUT2D eigenvalue weighted by Gasteiger charge is -2.06. The lowest BCUT2D eigenvalue weighted by Crippen LogP contribution is -1.91. The Bertz CT molecular complexity index is 626. The molecule has 0 spiro atoms. The quantitative estimate of drug-likeness (QED) is 0.619. The molecular formula is C14H10BrN. The lowest BCUT2D eigenvalue weighted by molar-refractivity contribution is 1.12. The summed E-state index contributed by atoms with van der Waals surface area (Å²) in [7, 11) is 0. The molecule has 0 saturated heterocycles. The van der Waals surface area contributed by atoms with Gasteiger partial charge in [0.15, 0.2) is 0 Å². The molecule has 0 aliphatic rings. The van der Waals surface area contributed by atoms with Crippen LogP contribution in [0.15, 0.2) is 65.3 Å². The molecule has 0 aliphatic carbocycles. The van der Waals surface area contributed by atoms with E-state index in [4.69, 9.17) is 0 Å². The second kappa shape index (κ2) is 3.80. The average Bonchev–Trinajstić information content (AvgIpc) is 2.75. The Morgan fingerprint density at radius 2 is 1.62 bits per heavy atom.